The largest absolute Gasteiger partial charge is 0.289 e. The fraction of sp³-hybridized carbons (Fsp3) is 0.0588. The van der Waals surface area contributed by atoms with Crippen molar-refractivity contribution >= 4 is 56.2 Å². The van der Waals surface area contributed by atoms with Crippen LogP contribution in [0.2, 0.25) is 0 Å². The normalized spacial score (nSPS) is 13.8. The summed E-state index contributed by atoms with van der Waals surface area (Å²) >= 11 is 0. The SMILES string of the molecule is O=C1C(c2ccccc2)=C(c2ccccc2)C(c2ccc(C3=C(c4ccccc4)C(=O)C(c4ccccc4)=C3c3cc(CCc4ccccc4)cc(CCc4ccccc4)c3)cc2)=C1c1ccccc1. The van der Waals surface area contributed by atoms with Crippen LogP contribution in [-0.2, 0) is 35.3 Å². The summed E-state index contributed by atoms with van der Waals surface area (Å²) < 4.78 is 0. The second-order valence-electron chi connectivity index (χ2n) is 18.1. The van der Waals surface area contributed by atoms with Crippen molar-refractivity contribution in [2.24, 2.45) is 0 Å². The van der Waals surface area contributed by atoms with Crippen molar-refractivity contribution in [3.63, 3.8) is 0 Å². The minimum absolute atomic E-state index is 0.00118. The van der Waals surface area contributed by atoms with Crippen LogP contribution in [0, 0.1) is 0 Å². The number of Topliss-reactive ketones (excluding diaryl/α,β-unsaturated/α-hetero) is 2. The van der Waals surface area contributed by atoms with Crippen LogP contribution in [0.15, 0.2) is 255 Å². The zero-order valence-corrected chi connectivity index (χ0v) is 38.9. The first-order valence-electron chi connectivity index (χ1n) is 24.3. The van der Waals surface area contributed by atoms with Crippen LogP contribution in [-0.4, -0.2) is 11.6 Å². The number of benzene rings is 9. The number of carbonyl (C=O) groups excluding carboxylic acids is 2. The third-order valence-corrected chi connectivity index (χ3v) is 13.6. The molecule has 0 saturated carbocycles. The molecule has 0 spiro atoms. The van der Waals surface area contributed by atoms with E-state index in [1.54, 1.807) is 0 Å². The van der Waals surface area contributed by atoms with Crippen molar-refractivity contribution < 1.29 is 9.59 Å². The lowest BCUT2D eigenvalue weighted by Gasteiger charge is -2.18. The van der Waals surface area contributed by atoms with Crippen molar-refractivity contribution in [1.29, 1.82) is 0 Å². The van der Waals surface area contributed by atoms with Gasteiger partial charge in [0.05, 0.1) is 0 Å². The zero-order chi connectivity index (χ0) is 47.2. The molecule has 70 heavy (non-hydrogen) atoms. The van der Waals surface area contributed by atoms with Gasteiger partial charge >= 0.3 is 0 Å². The van der Waals surface area contributed by atoms with E-state index in [1.807, 2.05) is 115 Å². The Hall–Kier alpha value is -8.72. The fourth-order valence-corrected chi connectivity index (χ4v) is 10.4. The van der Waals surface area contributed by atoms with Crippen molar-refractivity contribution in [2.75, 3.05) is 0 Å². The Labute approximate surface area is 411 Å². The topological polar surface area (TPSA) is 34.1 Å². The average molecular weight is 899 g/mol. The highest BCUT2D eigenvalue weighted by Crippen LogP contribution is 2.52. The van der Waals surface area contributed by atoms with Crippen LogP contribution in [0.1, 0.15) is 66.8 Å². The Morgan fingerprint density at radius 3 is 0.686 bits per heavy atom. The van der Waals surface area contributed by atoms with Gasteiger partial charge in [0, 0.05) is 44.6 Å². The zero-order valence-electron chi connectivity index (χ0n) is 38.9. The van der Waals surface area contributed by atoms with Gasteiger partial charge in [0.1, 0.15) is 0 Å². The third kappa shape index (κ3) is 8.80. The van der Waals surface area contributed by atoms with Gasteiger partial charge in [-0.15, -0.1) is 0 Å². The lowest BCUT2D eigenvalue weighted by atomic mass is 9.85. The summed E-state index contributed by atoms with van der Waals surface area (Å²) in [7, 11) is 0. The van der Waals surface area contributed by atoms with Crippen LogP contribution in [0.5, 0.6) is 0 Å². The molecule has 0 bridgehead atoms. The number of rotatable bonds is 14. The molecule has 2 aliphatic carbocycles. The molecule has 0 radical (unpaired) electrons. The van der Waals surface area contributed by atoms with E-state index in [1.165, 1.54) is 22.3 Å². The maximum atomic E-state index is 15.6. The lowest BCUT2D eigenvalue weighted by molar-refractivity contribution is -0.109. The molecule has 9 aromatic rings. The number of hydrogen-bond acceptors (Lipinski definition) is 2. The van der Waals surface area contributed by atoms with Gasteiger partial charge in [0.25, 0.3) is 0 Å². The standard InChI is InChI=1S/C68H50O2/c69-67-63(52-28-14-4-15-29-52)59(51-26-12-3-13-27-51)60(64(67)53-30-16-5-17-31-53)56-40-42-57(43-41-56)61-62(66(55-34-20-7-21-35-55)68(70)65(61)54-32-18-6-19-33-54)58-45-49(38-36-47-22-8-1-9-23-47)44-50(46-58)39-37-48-24-10-2-11-25-48/h1-35,40-46H,36-39H2. The van der Waals surface area contributed by atoms with Crippen molar-refractivity contribution in [3.05, 3.63) is 322 Å². The van der Waals surface area contributed by atoms with E-state index in [2.05, 4.69) is 140 Å². The Balaban J connectivity index is 1.12. The van der Waals surface area contributed by atoms with Gasteiger partial charge in [-0.3, -0.25) is 9.59 Å². The van der Waals surface area contributed by atoms with E-state index in [0.29, 0.717) is 22.3 Å². The number of carbonyl (C=O) groups is 2. The first-order chi connectivity index (χ1) is 34.6. The highest BCUT2D eigenvalue weighted by Gasteiger charge is 2.38. The molecule has 0 saturated heterocycles. The first kappa shape index (κ1) is 43.8. The highest BCUT2D eigenvalue weighted by molar-refractivity contribution is 6.60. The minimum Gasteiger partial charge on any atom is -0.289 e. The predicted octanol–water partition coefficient (Wildman–Crippen LogP) is 15.5. The smallest absolute Gasteiger partial charge is 0.195 e. The molecule has 2 aliphatic rings. The summed E-state index contributed by atoms with van der Waals surface area (Å²) in [6.07, 6.45) is 3.52. The van der Waals surface area contributed by atoms with E-state index in [4.69, 9.17) is 0 Å². The molecular weight excluding hydrogens is 849 g/mol. The Morgan fingerprint density at radius 2 is 0.400 bits per heavy atom. The monoisotopic (exact) mass is 898 g/mol. The maximum Gasteiger partial charge on any atom is 0.195 e. The molecule has 0 aliphatic heterocycles. The highest BCUT2D eigenvalue weighted by atomic mass is 16.1. The van der Waals surface area contributed by atoms with Crippen LogP contribution >= 0.6 is 0 Å². The van der Waals surface area contributed by atoms with Crippen LogP contribution < -0.4 is 0 Å². The molecule has 334 valence electrons. The van der Waals surface area contributed by atoms with Gasteiger partial charge in [-0.05, 0) is 92.4 Å². The number of allylic oxidation sites excluding steroid dienone is 8. The molecule has 0 fully saturated rings. The molecule has 2 nitrogen and oxygen atoms in total. The second kappa shape index (κ2) is 19.9. The number of aryl methyl sites for hydroxylation is 4. The number of hydrogen-bond donors (Lipinski definition) is 0. The summed E-state index contributed by atoms with van der Waals surface area (Å²) in [6, 6.07) is 87.7. The van der Waals surface area contributed by atoms with Crippen molar-refractivity contribution in [1.82, 2.24) is 0 Å². The Morgan fingerprint density at radius 1 is 0.186 bits per heavy atom. The predicted molar refractivity (Wildman–Crippen MR) is 290 cm³/mol. The van der Waals surface area contributed by atoms with Gasteiger partial charge in [-0.1, -0.05) is 255 Å². The maximum absolute atomic E-state index is 15.6. The van der Waals surface area contributed by atoms with Gasteiger partial charge < -0.3 is 0 Å². The van der Waals surface area contributed by atoms with Crippen LogP contribution in [0.25, 0.3) is 44.6 Å². The van der Waals surface area contributed by atoms with Crippen LogP contribution in [0.4, 0.5) is 0 Å². The van der Waals surface area contributed by atoms with E-state index in [9.17, 15) is 0 Å². The molecule has 9 aromatic carbocycles. The fourth-order valence-electron chi connectivity index (χ4n) is 10.4. The first-order valence-corrected chi connectivity index (χ1v) is 24.3. The van der Waals surface area contributed by atoms with E-state index in [-0.39, 0.29) is 11.6 Å². The molecule has 2 heteroatoms. The van der Waals surface area contributed by atoms with Gasteiger partial charge in [-0.25, -0.2) is 0 Å². The Kier molecular flexibility index (Phi) is 12.4. The average Bonchev–Trinajstić information content (AvgIpc) is 3.92. The quantitative estimate of drug-likeness (QED) is 0.109. The van der Waals surface area contributed by atoms with Crippen LogP contribution in [0.3, 0.4) is 0 Å². The summed E-state index contributed by atoms with van der Waals surface area (Å²) in [5.74, 6) is 0.00277. The molecule has 0 amide bonds. The molecule has 0 N–H and O–H groups in total. The molecule has 0 aromatic heterocycles. The molecule has 0 unspecified atom stereocenters. The molecule has 11 rings (SSSR count). The molecule has 0 heterocycles. The van der Waals surface area contributed by atoms with E-state index < -0.39 is 0 Å². The van der Waals surface area contributed by atoms with Crippen molar-refractivity contribution in [3.8, 4) is 0 Å². The van der Waals surface area contributed by atoms with Gasteiger partial charge in [-0.2, -0.15) is 0 Å². The number of ketones is 2. The third-order valence-electron chi connectivity index (χ3n) is 13.6. The lowest BCUT2D eigenvalue weighted by Crippen LogP contribution is -2.02. The van der Waals surface area contributed by atoms with E-state index in [0.717, 1.165) is 92.5 Å². The summed E-state index contributed by atoms with van der Waals surface area (Å²) in [6.45, 7) is 0. The van der Waals surface area contributed by atoms with Crippen molar-refractivity contribution in [2.45, 2.75) is 25.7 Å². The Bertz CT molecular complexity index is 3410. The summed E-state index contributed by atoms with van der Waals surface area (Å²) in [5.41, 5.74) is 18.8. The van der Waals surface area contributed by atoms with Gasteiger partial charge in [0.2, 0.25) is 0 Å². The van der Waals surface area contributed by atoms with Gasteiger partial charge in [0.15, 0.2) is 11.6 Å². The molecule has 0 atom stereocenters. The summed E-state index contributed by atoms with van der Waals surface area (Å²) in [5, 5.41) is 0. The van der Waals surface area contributed by atoms with E-state index >= 15 is 9.59 Å². The second-order valence-corrected chi connectivity index (χ2v) is 18.1. The summed E-state index contributed by atoms with van der Waals surface area (Å²) in [4.78, 5) is 30.7. The molecular formula is C68H50O2. The minimum atomic E-state index is -0.00118.